The number of thiophene rings is 1. The SMILES string of the molecule is N#CNC(=Nc1cccc(NC(=O)c2sccc2NCc2ccnc3ccccc23)c1)N1CCC(O)C1. The lowest BCUT2D eigenvalue weighted by molar-refractivity contribution is 0.103. The molecule has 4 N–H and O–H groups in total. The van der Waals surface area contributed by atoms with Crippen LogP contribution >= 0.6 is 11.3 Å². The summed E-state index contributed by atoms with van der Waals surface area (Å²) in [7, 11) is 0. The number of likely N-dealkylation sites (tertiary alicyclic amines) is 1. The van der Waals surface area contributed by atoms with Crippen LogP contribution in [0, 0.1) is 11.5 Å². The molecule has 1 unspecified atom stereocenters. The maximum absolute atomic E-state index is 13.1. The molecule has 3 heterocycles. The maximum Gasteiger partial charge on any atom is 0.267 e. The monoisotopic (exact) mass is 511 g/mol. The lowest BCUT2D eigenvalue weighted by atomic mass is 10.1. The maximum atomic E-state index is 13.1. The molecule has 0 aliphatic carbocycles. The van der Waals surface area contributed by atoms with Crippen molar-refractivity contribution in [2.24, 2.45) is 4.99 Å². The number of pyridine rings is 1. The van der Waals surface area contributed by atoms with Crippen molar-refractivity contribution in [1.82, 2.24) is 15.2 Å². The Kier molecular flexibility index (Phi) is 7.26. The topological polar surface area (TPSA) is 126 Å². The molecule has 2 aromatic carbocycles. The van der Waals surface area contributed by atoms with E-state index in [1.54, 1.807) is 30.5 Å². The highest BCUT2D eigenvalue weighted by Gasteiger charge is 2.23. The van der Waals surface area contributed by atoms with Crippen LogP contribution in [-0.4, -0.2) is 46.1 Å². The summed E-state index contributed by atoms with van der Waals surface area (Å²) in [5.74, 6) is 0.146. The number of carbonyl (C=O) groups is 1. The minimum atomic E-state index is -0.442. The van der Waals surface area contributed by atoms with Gasteiger partial charge in [0.2, 0.25) is 5.96 Å². The first-order valence-corrected chi connectivity index (χ1v) is 12.7. The van der Waals surface area contributed by atoms with Crippen LogP contribution in [0.5, 0.6) is 0 Å². The number of guanidine groups is 1. The van der Waals surface area contributed by atoms with Gasteiger partial charge < -0.3 is 20.6 Å². The quantitative estimate of drug-likeness (QED) is 0.132. The second-order valence-electron chi connectivity index (χ2n) is 8.57. The summed E-state index contributed by atoms with van der Waals surface area (Å²) in [5.41, 5.74) is 3.95. The van der Waals surface area contributed by atoms with Crippen molar-refractivity contribution < 1.29 is 9.90 Å². The normalized spacial score (nSPS) is 15.4. The minimum Gasteiger partial charge on any atom is -0.391 e. The Bertz CT molecular complexity index is 1490. The summed E-state index contributed by atoms with van der Waals surface area (Å²) >= 11 is 1.36. The van der Waals surface area contributed by atoms with Crippen LogP contribution in [-0.2, 0) is 6.54 Å². The first-order valence-electron chi connectivity index (χ1n) is 11.8. The summed E-state index contributed by atoms with van der Waals surface area (Å²) in [4.78, 5) is 24.5. The molecule has 0 spiro atoms. The molecule has 1 aliphatic rings. The predicted molar refractivity (Wildman–Crippen MR) is 146 cm³/mol. The largest absolute Gasteiger partial charge is 0.391 e. The molecule has 10 heteroatoms. The Labute approximate surface area is 218 Å². The number of carbonyl (C=O) groups excluding carboxylic acids is 1. The number of para-hydroxylation sites is 1. The van der Waals surface area contributed by atoms with Gasteiger partial charge in [-0.25, -0.2) is 4.99 Å². The number of nitrogens with zero attached hydrogens (tertiary/aromatic N) is 4. The molecular weight excluding hydrogens is 486 g/mol. The molecule has 1 atom stereocenters. The van der Waals surface area contributed by atoms with E-state index in [0.717, 1.165) is 22.2 Å². The fraction of sp³-hybridized carbons (Fsp3) is 0.185. The first-order chi connectivity index (χ1) is 18.1. The summed E-state index contributed by atoms with van der Waals surface area (Å²) < 4.78 is 0. The highest BCUT2D eigenvalue weighted by Crippen LogP contribution is 2.26. The van der Waals surface area contributed by atoms with Crippen LogP contribution in [0.2, 0.25) is 0 Å². The van der Waals surface area contributed by atoms with Crippen LogP contribution in [0.3, 0.4) is 0 Å². The van der Waals surface area contributed by atoms with E-state index < -0.39 is 6.10 Å². The highest BCUT2D eigenvalue weighted by molar-refractivity contribution is 7.12. The number of hydrogen-bond acceptors (Lipinski definition) is 7. The van der Waals surface area contributed by atoms with E-state index in [4.69, 9.17) is 5.26 Å². The number of hydrogen-bond donors (Lipinski definition) is 4. The summed E-state index contributed by atoms with van der Waals surface area (Å²) in [6.45, 7) is 1.58. The number of rotatable bonds is 6. The number of nitrogens with one attached hydrogen (secondary N) is 3. The van der Waals surface area contributed by atoms with Gasteiger partial charge in [-0.15, -0.1) is 11.3 Å². The molecule has 186 valence electrons. The number of amides is 1. The van der Waals surface area contributed by atoms with Crippen molar-refractivity contribution in [3.63, 3.8) is 0 Å². The third kappa shape index (κ3) is 5.69. The molecule has 5 rings (SSSR count). The van der Waals surface area contributed by atoms with E-state index in [9.17, 15) is 9.90 Å². The fourth-order valence-corrected chi connectivity index (χ4v) is 5.01. The number of aliphatic hydroxyl groups is 1. The van der Waals surface area contributed by atoms with Gasteiger partial charge in [-0.1, -0.05) is 24.3 Å². The van der Waals surface area contributed by atoms with Gasteiger partial charge >= 0.3 is 0 Å². The van der Waals surface area contributed by atoms with Crippen molar-refractivity contribution in [1.29, 1.82) is 5.26 Å². The molecule has 1 amide bonds. The van der Waals surface area contributed by atoms with Gasteiger partial charge in [-0.2, -0.15) is 5.26 Å². The molecule has 0 saturated carbocycles. The van der Waals surface area contributed by atoms with E-state index in [1.807, 2.05) is 52.9 Å². The highest BCUT2D eigenvalue weighted by atomic mass is 32.1. The van der Waals surface area contributed by atoms with Crippen molar-refractivity contribution in [3.05, 3.63) is 82.7 Å². The third-order valence-corrected chi connectivity index (χ3v) is 6.96. The lowest BCUT2D eigenvalue weighted by Crippen LogP contribution is -2.38. The molecule has 1 saturated heterocycles. The van der Waals surface area contributed by atoms with E-state index in [2.05, 4.69) is 25.9 Å². The first kappa shape index (κ1) is 24.2. The predicted octanol–water partition coefficient (Wildman–Crippen LogP) is 4.29. The summed E-state index contributed by atoms with van der Waals surface area (Å²) in [6.07, 6.45) is 3.87. The van der Waals surface area contributed by atoms with Gasteiger partial charge in [0.25, 0.3) is 5.91 Å². The van der Waals surface area contributed by atoms with E-state index in [0.29, 0.717) is 48.3 Å². The van der Waals surface area contributed by atoms with Crippen molar-refractivity contribution in [3.8, 4) is 6.19 Å². The standard InChI is InChI=1S/C27H25N7O2S/c28-17-31-27(34-12-9-21(35)16-34)33-20-5-3-4-19(14-20)32-26(36)25-24(10-13-37-25)30-15-18-8-11-29-23-7-2-1-6-22(18)23/h1-8,10-11,13-14,21,30,35H,9,12,15-16H2,(H,31,33)(H,32,36). The lowest BCUT2D eigenvalue weighted by Gasteiger charge is -2.18. The van der Waals surface area contributed by atoms with Crippen molar-refractivity contribution >= 4 is 51.2 Å². The molecular formula is C27H25N7O2S. The number of benzene rings is 2. The van der Waals surface area contributed by atoms with Crippen LogP contribution in [0.25, 0.3) is 10.9 Å². The van der Waals surface area contributed by atoms with E-state index >= 15 is 0 Å². The van der Waals surface area contributed by atoms with Gasteiger partial charge in [-0.3, -0.25) is 15.1 Å². The second kappa shape index (κ2) is 11.1. The van der Waals surface area contributed by atoms with Gasteiger partial charge in [-0.05, 0) is 53.8 Å². The van der Waals surface area contributed by atoms with E-state index in [-0.39, 0.29) is 5.91 Å². The Morgan fingerprint density at radius 1 is 1.22 bits per heavy atom. The zero-order valence-electron chi connectivity index (χ0n) is 19.9. The average Bonchev–Trinajstić information content (AvgIpc) is 3.56. The van der Waals surface area contributed by atoms with Crippen molar-refractivity contribution in [2.45, 2.75) is 19.1 Å². The summed E-state index contributed by atoms with van der Waals surface area (Å²) in [5, 5.41) is 30.8. The Hall–Kier alpha value is -4.46. The van der Waals surface area contributed by atoms with Gasteiger partial charge in [0.1, 0.15) is 4.88 Å². The van der Waals surface area contributed by atoms with Crippen LogP contribution in [0.4, 0.5) is 17.1 Å². The van der Waals surface area contributed by atoms with E-state index in [1.165, 1.54) is 11.3 Å². The van der Waals surface area contributed by atoms with Gasteiger partial charge in [0.05, 0.1) is 23.0 Å². The third-order valence-electron chi connectivity index (χ3n) is 6.05. The van der Waals surface area contributed by atoms with Crippen LogP contribution in [0.15, 0.2) is 77.2 Å². The fourth-order valence-electron chi connectivity index (χ4n) is 4.25. The second-order valence-corrected chi connectivity index (χ2v) is 9.49. The van der Waals surface area contributed by atoms with Crippen LogP contribution < -0.4 is 16.0 Å². The molecule has 4 aromatic rings. The number of β-amino-alcohol motifs (C(OH)–C–C–N with tert-alkyl or cyclic N) is 1. The number of aliphatic imine (C=N–C) groups is 1. The Morgan fingerprint density at radius 2 is 2.11 bits per heavy atom. The number of aromatic nitrogens is 1. The number of anilines is 2. The molecule has 1 aliphatic heterocycles. The Balaban J connectivity index is 1.29. The van der Waals surface area contributed by atoms with Gasteiger partial charge in [0, 0.05) is 36.9 Å². The molecule has 37 heavy (non-hydrogen) atoms. The van der Waals surface area contributed by atoms with Crippen LogP contribution in [0.1, 0.15) is 21.7 Å². The number of nitriles is 1. The Morgan fingerprint density at radius 3 is 2.95 bits per heavy atom. The number of fused-ring (bicyclic) bond motifs is 1. The summed E-state index contributed by atoms with van der Waals surface area (Å²) in [6, 6.07) is 19.0. The molecule has 9 nitrogen and oxygen atoms in total. The zero-order chi connectivity index (χ0) is 25.6. The van der Waals surface area contributed by atoms with Gasteiger partial charge in [0.15, 0.2) is 6.19 Å². The molecule has 0 radical (unpaired) electrons. The molecule has 2 aromatic heterocycles. The molecule has 1 fully saturated rings. The smallest absolute Gasteiger partial charge is 0.267 e. The molecule has 0 bridgehead atoms. The average molecular weight is 512 g/mol. The zero-order valence-corrected chi connectivity index (χ0v) is 20.7. The number of aliphatic hydroxyl groups excluding tert-OH is 1. The minimum absolute atomic E-state index is 0.226. The van der Waals surface area contributed by atoms with Crippen molar-refractivity contribution in [2.75, 3.05) is 23.7 Å².